The molecule has 3 rings (SSSR count). The summed E-state index contributed by atoms with van der Waals surface area (Å²) in [5.74, 6) is 0.626. The predicted octanol–water partition coefficient (Wildman–Crippen LogP) is 1.75. The number of nitrogens with zero attached hydrogens (tertiary/aromatic N) is 1. The highest BCUT2D eigenvalue weighted by molar-refractivity contribution is 7.92. The number of para-hydroxylation sites is 1. The van der Waals surface area contributed by atoms with Gasteiger partial charge < -0.3 is 14.7 Å². The molecule has 2 N–H and O–H groups in total. The minimum Gasteiger partial charge on any atom is -0.488 e. The fraction of sp³-hybridized carbons (Fsp3) is 0.333. The van der Waals surface area contributed by atoms with Crippen LogP contribution < -0.4 is 9.46 Å². The van der Waals surface area contributed by atoms with Crippen LogP contribution in [-0.2, 0) is 22.2 Å². The molecule has 0 radical (unpaired) electrons. The predicted molar refractivity (Wildman–Crippen MR) is 97.2 cm³/mol. The molecule has 2 aromatic rings. The second-order valence-corrected chi connectivity index (χ2v) is 8.38. The third kappa shape index (κ3) is 3.63. The van der Waals surface area contributed by atoms with Crippen molar-refractivity contribution in [1.29, 1.82) is 0 Å². The lowest BCUT2D eigenvalue weighted by atomic mass is 9.83. The van der Waals surface area contributed by atoms with Crippen molar-refractivity contribution in [2.45, 2.75) is 12.2 Å². The van der Waals surface area contributed by atoms with Gasteiger partial charge >= 0.3 is 0 Å². The van der Waals surface area contributed by atoms with E-state index in [1.807, 2.05) is 43.3 Å². The number of fused-ring (bicyclic) bond motifs is 2. The van der Waals surface area contributed by atoms with Gasteiger partial charge in [-0.15, -0.1) is 0 Å². The molecule has 0 amide bonds. The topological polar surface area (TPSA) is 78.9 Å². The molecule has 0 saturated carbocycles. The van der Waals surface area contributed by atoms with Crippen LogP contribution in [0.4, 0.5) is 5.69 Å². The molecule has 2 aromatic carbocycles. The van der Waals surface area contributed by atoms with Crippen molar-refractivity contribution >= 4 is 15.7 Å². The highest BCUT2D eigenvalue weighted by Crippen LogP contribution is 2.41. The Hall–Kier alpha value is -2.09. The monoisotopic (exact) mass is 362 g/mol. The SMILES string of the molecule is CN(C)CC1(O)c2ccc(NS(C)(=O)=O)cc2COc2ccccc21. The first kappa shape index (κ1) is 17.7. The van der Waals surface area contributed by atoms with E-state index in [-0.39, 0.29) is 6.61 Å². The summed E-state index contributed by atoms with van der Waals surface area (Å²) in [7, 11) is 0.413. The fourth-order valence-corrected chi connectivity index (χ4v) is 3.81. The van der Waals surface area contributed by atoms with E-state index in [1.54, 1.807) is 18.2 Å². The molecular weight excluding hydrogens is 340 g/mol. The Morgan fingerprint density at radius 2 is 1.92 bits per heavy atom. The van der Waals surface area contributed by atoms with Crippen molar-refractivity contribution in [3.63, 3.8) is 0 Å². The molecule has 1 unspecified atom stereocenters. The van der Waals surface area contributed by atoms with Gasteiger partial charge in [0.05, 0.1) is 6.26 Å². The first-order chi connectivity index (χ1) is 11.7. The number of benzene rings is 2. The lowest BCUT2D eigenvalue weighted by Gasteiger charge is -2.32. The molecule has 1 aliphatic heterocycles. The molecule has 1 atom stereocenters. The summed E-state index contributed by atoms with van der Waals surface area (Å²) in [6, 6.07) is 12.6. The molecule has 7 heteroatoms. The van der Waals surface area contributed by atoms with Crippen molar-refractivity contribution in [2.24, 2.45) is 0 Å². The van der Waals surface area contributed by atoms with Gasteiger partial charge in [0.15, 0.2) is 0 Å². The molecule has 0 saturated heterocycles. The van der Waals surface area contributed by atoms with Crippen LogP contribution in [-0.4, -0.2) is 45.3 Å². The molecule has 1 aliphatic rings. The number of hydrogen-bond acceptors (Lipinski definition) is 5. The van der Waals surface area contributed by atoms with E-state index in [0.717, 1.165) is 11.8 Å². The average molecular weight is 362 g/mol. The minimum absolute atomic E-state index is 0.251. The summed E-state index contributed by atoms with van der Waals surface area (Å²) in [4.78, 5) is 1.91. The molecule has 134 valence electrons. The molecule has 6 nitrogen and oxygen atoms in total. The van der Waals surface area contributed by atoms with Gasteiger partial charge in [0, 0.05) is 17.8 Å². The number of nitrogens with one attached hydrogen (secondary N) is 1. The molecule has 0 spiro atoms. The Morgan fingerprint density at radius 1 is 1.20 bits per heavy atom. The van der Waals surface area contributed by atoms with Crippen LogP contribution in [0.1, 0.15) is 16.7 Å². The Balaban J connectivity index is 2.15. The van der Waals surface area contributed by atoms with E-state index in [1.165, 1.54) is 0 Å². The average Bonchev–Trinajstić information content (AvgIpc) is 2.61. The van der Waals surface area contributed by atoms with Crippen LogP contribution in [0.25, 0.3) is 0 Å². The number of anilines is 1. The zero-order chi connectivity index (χ0) is 18.2. The van der Waals surface area contributed by atoms with Crippen LogP contribution in [0.3, 0.4) is 0 Å². The van der Waals surface area contributed by atoms with Gasteiger partial charge in [-0.05, 0) is 43.4 Å². The van der Waals surface area contributed by atoms with Gasteiger partial charge in [-0.25, -0.2) is 8.42 Å². The zero-order valence-electron chi connectivity index (χ0n) is 14.5. The third-order valence-electron chi connectivity index (χ3n) is 4.11. The first-order valence-corrected chi connectivity index (χ1v) is 9.79. The maximum absolute atomic E-state index is 11.6. The van der Waals surface area contributed by atoms with Crippen molar-refractivity contribution in [3.8, 4) is 5.75 Å². The molecule has 1 heterocycles. The van der Waals surface area contributed by atoms with Crippen LogP contribution in [0, 0.1) is 0 Å². The molecular formula is C18H22N2O4S. The number of hydrogen-bond donors (Lipinski definition) is 2. The van der Waals surface area contributed by atoms with Gasteiger partial charge in [-0.3, -0.25) is 4.72 Å². The molecule has 0 fully saturated rings. The Kier molecular flexibility index (Phi) is 4.49. The Morgan fingerprint density at radius 3 is 2.60 bits per heavy atom. The van der Waals surface area contributed by atoms with Gasteiger partial charge in [-0.1, -0.05) is 24.3 Å². The standard InChI is InChI=1S/C18H22N2O4S/c1-20(2)12-18(21)15-9-8-14(19-25(3,22)23)10-13(15)11-24-17-7-5-4-6-16(17)18/h4-10,19,21H,11-12H2,1-3H3. The van der Waals surface area contributed by atoms with E-state index >= 15 is 0 Å². The summed E-state index contributed by atoms with van der Waals surface area (Å²) in [5.41, 5.74) is 1.35. The quantitative estimate of drug-likeness (QED) is 0.866. The minimum atomic E-state index is -3.38. The Labute approximate surface area is 148 Å². The number of ether oxygens (including phenoxy) is 1. The van der Waals surface area contributed by atoms with E-state index < -0.39 is 15.6 Å². The second kappa shape index (κ2) is 6.33. The largest absolute Gasteiger partial charge is 0.488 e. The summed E-state index contributed by atoms with van der Waals surface area (Å²) < 4.78 is 31.3. The van der Waals surface area contributed by atoms with Crippen molar-refractivity contribution in [1.82, 2.24) is 4.90 Å². The first-order valence-electron chi connectivity index (χ1n) is 7.90. The van der Waals surface area contributed by atoms with Gasteiger partial charge in [0.2, 0.25) is 10.0 Å². The van der Waals surface area contributed by atoms with Crippen LogP contribution in [0.2, 0.25) is 0 Å². The van der Waals surface area contributed by atoms with E-state index in [2.05, 4.69) is 4.72 Å². The van der Waals surface area contributed by atoms with Gasteiger partial charge in [-0.2, -0.15) is 0 Å². The van der Waals surface area contributed by atoms with E-state index in [9.17, 15) is 13.5 Å². The number of sulfonamides is 1. The van der Waals surface area contributed by atoms with Crippen molar-refractivity contribution in [2.75, 3.05) is 31.6 Å². The van der Waals surface area contributed by atoms with Crippen LogP contribution >= 0.6 is 0 Å². The van der Waals surface area contributed by atoms with E-state index in [0.29, 0.717) is 29.1 Å². The van der Waals surface area contributed by atoms with Crippen LogP contribution in [0.15, 0.2) is 42.5 Å². The van der Waals surface area contributed by atoms with Gasteiger partial charge in [0.25, 0.3) is 0 Å². The smallest absolute Gasteiger partial charge is 0.229 e. The van der Waals surface area contributed by atoms with Crippen LogP contribution in [0.5, 0.6) is 5.75 Å². The van der Waals surface area contributed by atoms with Crippen molar-refractivity contribution < 1.29 is 18.3 Å². The summed E-state index contributed by atoms with van der Waals surface area (Å²) in [6.45, 7) is 0.626. The highest BCUT2D eigenvalue weighted by Gasteiger charge is 2.38. The number of rotatable bonds is 4. The molecule has 0 aliphatic carbocycles. The maximum atomic E-state index is 11.6. The maximum Gasteiger partial charge on any atom is 0.229 e. The molecule has 0 aromatic heterocycles. The summed E-state index contributed by atoms with van der Waals surface area (Å²) >= 11 is 0. The van der Waals surface area contributed by atoms with Crippen molar-refractivity contribution in [3.05, 3.63) is 59.2 Å². The third-order valence-corrected chi connectivity index (χ3v) is 4.72. The molecule has 0 bridgehead atoms. The normalized spacial score (nSPS) is 19.6. The van der Waals surface area contributed by atoms with Gasteiger partial charge in [0.1, 0.15) is 18.0 Å². The van der Waals surface area contributed by atoms with E-state index in [4.69, 9.17) is 4.74 Å². The lowest BCUT2D eigenvalue weighted by Crippen LogP contribution is -2.39. The molecule has 25 heavy (non-hydrogen) atoms. The second-order valence-electron chi connectivity index (χ2n) is 6.63. The lowest BCUT2D eigenvalue weighted by molar-refractivity contribution is 0.0508. The summed E-state index contributed by atoms with van der Waals surface area (Å²) in [5, 5.41) is 11.6. The zero-order valence-corrected chi connectivity index (χ0v) is 15.3. The number of aliphatic hydroxyl groups is 1. The Bertz CT molecular complexity index is 896. The number of likely N-dealkylation sites (N-methyl/N-ethyl adjacent to an activating group) is 1. The summed E-state index contributed by atoms with van der Waals surface area (Å²) in [6.07, 6.45) is 1.10. The fourth-order valence-electron chi connectivity index (χ4n) is 3.26. The highest BCUT2D eigenvalue weighted by atomic mass is 32.2.